The van der Waals surface area contributed by atoms with Crippen molar-refractivity contribution in [3.05, 3.63) is 9.81 Å². The summed E-state index contributed by atoms with van der Waals surface area (Å²) in [4.78, 5) is 20.0. The van der Waals surface area contributed by atoms with Gasteiger partial charge in [0.1, 0.15) is 0 Å². The zero-order valence-corrected chi connectivity index (χ0v) is 7.22. The summed E-state index contributed by atoms with van der Waals surface area (Å²) in [6.45, 7) is 0.499. The number of nitrogens with two attached hydrogens (primary N) is 3. The maximum Gasteiger partial charge on any atom is 0.187 e. The molecule has 0 aliphatic carbocycles. The second-order valence-electron chi connectivity index (χ2n) is 2.69. The Morgan fingerprint density at radius 1 is 1.15 bits per heavy atom. The summed E-state index contributed by atoms with van der Waals surface area (Å²) in [6.07, 6.45) is 1.54. The van der Waals surface area contributed by atoms with Crippen LogP contribution in [0.5, 0.6) is 0 Å². The van der Waals surface area contributed by atoms with Crippen molar-refractivity contribution >= 4 is 0 Å². The molecule has 0 heterocycles. The van der Waals surface area contributed by atoms with Gasteiger partial charge in [0.15, 0.2) is 5.79 Å². The van der Waals surface area contributed by atoms with Crippen LogP contribution in [-0.2, 0) is 0 Å². The van der Waals surface area contributed by atoms with Crippen LogP contribution in [0.3, 0.4) is 0 Å². The first-order valence-electron chi connectivity index (χ1n) is 3.83. The normalized spacial score (nSPS) is 11.0. The van der Waals surface area contributed by atoms with E-state index in [9.17, 15) is 9.81 Å². The molecule has 0 saturated carbocycles. The quantitative estimate of drug-likeness (QED) is 0.211. The van der Waals surface area contributed by atoms with Crippen molar-refractivity contribution in [3.63, 3.8) is 0 Å². The second kappa shape index (κ2) is 5.51. The van der Waals surface area contributed by atoms with Gasteiger partial charge < -0.3 is 5.73 Å². The molecule has 0 aliphatic heterocycles. The lowest BCUT2D eigenvalue weighted by atomic mass is 10.1. The number of nitrogens with zero attached hydrogens (tertiary/aromatic N) is 3. The van der Waals surface area contributed by atoms with Gasteiger partial charge in [-0.2, -0.15) is 0 Å². The summed E-state index contributed by atoms with van der Waals surface area (Å²) in [5.74, 6) is -1.61. The average molecular weight is 190 g/mol. The molecule has 76 valence electrons. The predicted molar refractivity (Wildman–Crippen MR) is 47.4 cm³/mol. The Bertz CT molecular complexity index is 164. The van der Waals surface area contributed by atoms with Gasteiger partial charge in [0.05, 0.1) is 10.6 Å². The summed E-state index contributed by atoms with van der Waals surface area (Å²) < 4.78 is 0. The van der Waals surface area contributed by atoms with Crippen LogP contribution in [-0.4, -0.2) is 17.4 Å². The summed E-state index contributed by atoms with van der Waals surface area (Å²) in [6, 6.07) is 0. The third-order valence-electron chi connectivity index (χ3n) is 1.56. The number of nitroso groups, excluding NO2 is 2. The first-order valence-corrected chi connectivity index (χ1v) is 3.83. The zero-order chi connectivity index (χ0) is 10.3. The molecule has 0 fully saturated rings. The van der Waals surface area contributed by atoms with Gasteiger partial charge in [-0.25, -0.2) is 0 Å². The van der Waals surface area contributed by atoms with E-state index < -0.39 is 5.79 Å². The Kier molecular flexibility index (Phi) is 5.04. The molecular weight excluding hydrogens is 176 g/mol. The highest BCUT2D eigenvalue weighted by atomic mass is 16.4. The standard InChI is InChI=1S/C5H14N6O2/c6-4-2-1-3-5(7,8)11(9-12)10-13/h1-4,6-8H2. The molecule has 0 aromatic carbocycles. The number of hydrogen-bond acceptors (Lipinski definition) is 7. The fourth-order valence-corrected chi connectivity index (χ4v) is 0.819. The topological polar surface area (TPSA) is 140 Å². The maximum atomic E-state index is 10.0. The van der Waals surface area contributed by atoms with Gasteiger partial charge in [-0.05, 0) is 19.4 Å². The highest BCUT2D eigenvalue weighted by molar-refractivity contribution is 4.73. The molecule has 0 atom stereocenters. The lowest BCUT2D eigenvalue weighted by molar-refractivity contribution is 0.0890. The van der Waals surface area contributed by atoms with Crippen molar-refractivity contribution in [2.45, 2.75) is 25.0 Å². The summed E-state index contributed by atoms with van der Waals surface area (Å²) >= 11 is 0. The molecule has 0 rings (SSSR count). The molecule has 6 N–H and O–H groups in total. The Balaban J connectivity index is 4.03. The van der Waals surface area contributed by atoms with Crippen LogP contribution < -0.4 is 17.2 Å². The van der Waals surface area contributed by atoms with E-state index in [1.807, 2.05) is 0 Å². The zero-order valence-electron chi connectivity index (χ0n) is 7.22. The molecule has 0 aliphatic rings. The Labute approximate surface area is 75.3 Å². The lowest BCUT2D eigenvalue weighted by Gasteiger charge is -2.26. The molecule has 13 heavy (non-hydrogen) atoms. The van der Waals surface area contributed by atoms with Crippen molar-refractivity contribution in [1.29, 1.82) is 0 Å². The van der Waals surface area contributed by atoms with E-state index in [0.717, 1.165) is 0 Å². The van der Waals surface area contributed by atoms with Crippen LogP contribution in [0, 0.1) is 9.81 Å². The van der Waals surface area contributed by atoms with Crippen molar-refractivity contribution in [3.8, 4) is 0 Å². The molecule has 0 bridgehead atoms. The number of unbranched alkanes of at least 4 members (excludes halogenated alkanes) is 1. The smallest absolute Gasteiger partial charge is 0.187 e. The van der Waals surface area contributed by atoms with Crippen LogP contribution in [0.15, 0.2) is 10.6 Å². The molecular formula is C5H14N6O2. The van der Waals surface area contributed by atoms with E-state index in [0.29, 0.717) is 19.4 Å². The van der Waals surface area contributed by atoms with Crippen LogP contribution in [0.25, 0.3) is 0 Å². The highest BCUT2D eigenvalue weighted by Crippen LogP contribution is 2.11. The molecule has 0 aromatic rings. The Morgan fingerprint density at radius 2 is 1.69 bits per heavy atom. The fourth-order valence-electron chi connectivity index (χ4n) is 0.819. The third kappa shape index (κ3) is 3.87. The van der Waals surface area contributed by atoms with Gasteiger partial charge in [-0.15, -0.1) is 9.81 Å². The average Bonchev–Trinajstić information content (AvgIpc) is 2.06. The van der Waals surface area contributed by atoms with Crippen molar-refractivity contribution in [2.24, 2.45) is 27.8 Å². The molecule has 0 radical (unpaired) electrons. The largest absolute Gasteiger partial charge is 0.330 e. The molecule has 0 spiro atoms. The molecule has 8 heteroatoms. The summed E-state index contributed by atoms with van der Waals surface area (Å²) in [5.41, 5.74) is 16.0. The van der Waals surface area contributed by atoms with Crippen molar-refractivity contribution in [2.75, 3.05) is 6.54 Å². The van der Waals surface area contributed by atoms with Crippen LogP contribution in [0.4, 0.5) is 0 Å². The van der Waals surface area contributed by atoms with Gasteiger partial charge in [0, 0.05) is 6.42 Å². The van der Waals surface area contributed by atoms with E-state index in [1.165, 1.54) is 0 Å². The minimum Gasteiger partial charge on any atom is -0.330 e. The minimum atomic E-state index is -1.61. The van der Waals surface area contributed by atoms with Crippen LogP contribution in [0.1, 0.15) is 19.3 Å². The number of hydrogen-bond donors (Lipinski definition) is 3. The first kappa shape index (κ1) is 11.9. The van der Waals surface area contributed by atoms with Crippen LogP contribution in [0.2, 0.25) is 0 Å². The summed E-state index contributed by atoms with van der Waals surface area (Å²) in [7, 11) is 0. The van der Waals surface area contributed by atoms with E-state index >= 15 is 0 Å². The summed E-state index contributed by atoms with van der Waals surface area (Å²) in [5, 5.41) is 4.77. The van der Waals surface area contributed by atoms with Crippen LogP contribution >= 0.6 is 0 Å². The van der Waals surface area contributed by atoms with Crippen molar-refractivity contribution < 1.29 is 0 Å². The van der Waals surface area contributed by atoms with Gasteiger partial charge in [-0.3, -0.25) is 11.5 Å². The first-order chi connectivity index (χ1) is 6.08. The second-order valence-corrected chi connectivity index (χ2v) is 2.69. The molecule has 0 aromatic heterocycles. The Morgan fingerprint density at radius 3 is 2.08 bits per heavy atom. The number of rotatable bonds is 7. The van der Waals surface area contributed by atoms with E-state index in [2.05, 4.69) is 10.6 Å². The SMILES string of the molecule is NCCCCC(N)(N)N(N=O)N=O. The van der Waals surface area contributed by atoms with E-state index in [-0.39, 0.29) is 11.5 Å². The van der Waals surface area contributed by atoms with Gasteiger partial charge >= 0.3 is 0 Å². The lowest BCUT2D eigenvalue weighted by Crippen LogP contribution is -2.59. The van der Waals surface area contributed by atoms with E-state index in [4.69, 9.17) is 17.2 Å². The maximum absolute atomic E-state index is 10.0. The van der Waals surface area contributed by atoms with Gasteiger partial charge in [-0.1, -0.05) is 5.12 Å². The third-order valence-corrected chi connectivity index (χ3v) is 1.56. The van der Waals surface area contributed by atoms with Gasteiger partial charge in [0.2, 0.25) is 0 Å². The van der Waals surface area contributed by atoms with Crippen molar-refractivity contribution in [1.82, 2.24) is 5.12 Å². The molecule has 0 amide bonds. The predicted octanol–water partition coefficient (Wildman–Crippen LogP) is -0.649. The Hall–Kier alpha value is -1.12. The van der Waals surface area contributed by atoms with E-state index in [1.54, 1.807) is 0 Å². The minimum absolute atomic E-state index is 0.212. The van der Waals surface area contributed by atoms with Gasteiger partial charge in [0.25, 0.3) is 0 Å². The highest BCUT2D eigenvalue weighted by Gasteiger charge is 2.29. The fraction of sp³-hybridized carbons (Fsp3) is 1.00. The molecule has 0 unspecified atom stereocenters. The molecule has 0 saturated heterocycles. The molecule has 8 nitrogen and oxygen atoms in total. The monoisotopic (exact) mass is 190 g/mol.